The summed E-state index contributed by atoms with van der Waals surface area (Å²) in [6.45, 7) is 4.99. The zero-order chi connectivity index (χ0) is 17.1. The number of aromatic nitrogens is 3. The summed E-state index contributed by atoms with van der Waals surface area (Å²) in [6, 6.07) is 1.86. The molecule has 0 saturated carbocycles. The van der Waals surface area contributed by atoms with Crippen LogP contribution in [0.4, 0.5) is 0 Å². The summed E-state index contributed by atoms with van der Waals surface area (Å²) in [5, 5.41) is 5.14. The molecule has 0 unspecified atom stereocenters. The van der Waals surface area contributed by atoms with Crippen molar-refractivity contribution in [2.75, 3.05) is 12.3 Å². The van der Waals surface area contributed by atoms with E-state index in [4.69, 9.17) is 0 Å². The average Bonchev–Trinajstić information content (AvgIpc) is 2.99. The van der Waals surface area contributed by atoms with Crippen molar-refractivity contribution in [1.82, 2.24) is 19.5 Å². The van der Waals surface area contributed by atoms with Crippen molar-refractivity contribution in [2.45, 2.75) is 51.3 Å². The molecule has 2 aromatic rings. The van der Waals surface area contributed by atoms with Crippen LogP contribution in [0.25, 0.3) is 4.96 Å². The highest BCUT2D eigenvalue weighted by Gasteiger charge is 2.22. The van der Waals surface area contributed by atoms with Crippen molar-refractivity contribution in [3.63, 3.8) is 0 Å². The lowest BCUT2D eigenvalue weighted by atomic mass is 10.0. The third-order valence-electron chi connectivity index (χ3n) is 4.24. The molecule has 3 heterocycles. The number of piperidine rings is 1. The highest BCUT2D eigenvalue weighted by Crippen LogP contribution is 2.19. The number of hydrogen-bond donors (Lipinski definition) is 0. The van der Waals surface area contributed by atoms with Crippen LogP contribution in [0.5, 0.6) is 0 Å². The van der Waals surface area contributed by atoms with Gasteiger partial charge in [-0.1, -0.05) is 18.3 Å². The molecule has 0 spiro atoms. The van der Waals surface area contributed by atoms with Gasteiger partial charge in [0.2, 0.25) is 10.9 Å². The molecular formula is C16H22N4O2S2. The smallest absolute Gasteiger partial charge is 0.275 e. The van der Waals surface area contributed by atoms with Crippen LogP contribution in [0.1, 0.15) is 43.8 Å². The Kier molecular flexibility index (Phi) is 5.55. The van der Waals surface area contributed by atoms with Crippen molar-refractivity contribution >= 4 is 34.0 Å². The third kappa shape index (κ3) is 3.80. The van der Waals surface area contributed by atoms with Gasteiger partial charge in [0.1, 0.15) is 5.01 Å². The SMILES string of the molecule is CCc1nn2c(=O)cc(CSCC(=O)N3CCCC[C@@H]3C)nc2s1. The Morgan fingerprint density at radius 2 is 2.29 bits per heavy atom. The molecule has 6 nitrogen and oxygen atoms in total. The van der Waals surface area contributed by atoms with E-state index < -0.39 is 0 Å². The van der Waals surface area contributed by atoms with E-state index in [-0.39, 0.29) is 11.5 Å². The molecule has 130 valence electrons. The quantitative estimate of drug-likeness (QED) is 0.812. The molecule has 0 aliphatic carbocycles. The predicted molar refractivity (Wildman–Crippen MR) is 97.7 cm³/mol. The molecule has 1 aliphatic heterocycles. The molecule has 1 amide bonds. The number of thioether (sulfide) groups is 1. The summed E-state index contributed by atoms with van der Waals surface area (Å²) >= 11 is 2.97. The van der Waals surface area contributed by atoms with Gasteiger partial charge in [0.15, 0.2) is 0 Å². The largest absolute Gasteiger partial charge is 0.339 e. The van der Waals surface area contributed by atoms with E-state index in [1.54, 1.807) is 0 Å². The molecule has 8 heteroatoms. The van der Waals surface area contributed by atoms with Crippen LogP contribution in [-0.2, 0) is 17.0 Å². The number of hydrogen-bond acceptors (Lipinski definition) is 6. The Morgan fingerprint density at radius 3 is 3.04 bits per heavy atom. The lowest BCUT2D eigenvalue weighted by molar-refractivity contribution is -0.131. The highest BCUT2D eigenvalue weighted by atomic mass is 32.2. The number of fused-ring (bicyclic) bond motifs is 1. The van der Waals surface area contributed by atoms with Crippen molar-refractivity contribution in [3.05, 3.63) is 27.1 Å². The van der Waals surface area contributed by atoms with E-state index in [9.17, 15) is 9.59 Å². The van der Waals surface area contributed by atoms with E-state index in [1.165, 1.54) is 40.1 Å². The fraction of sp³-hybridized carbons (Fsp3) is 0.625. The first-order valence-corrected chi connectivity index (χ1v) is 10.3. The molecule has 2 aromatic heterocycles. The zero-order valence-corrected chi connectivity index (χ0v) is 15.7. The second-order valence-electron chi connectivity index (χ2n) is 6.05. The van der Waals surface area contributed by atoms with Crippen LogP contribution in [0, 0.1) is 0 Å². The van der Waals surface area contributed by atoms with E-state index in [1.807, 2.05) is 11.8 Å². The molecule has 0 bridgehead atoms. The maximum absolute atomic E-state index is 12.3. The number of carbonyl (C=O) groups is 1. The molecule has 0 aromatic carbocycles. The highest BCUT2D eigenvalue weighted by molar-refractivity contribution is 7.99. The van der Waals surface area contributed by atoms with Gasteiger partial charge in [-0.25, -0.2) is 4.98 Å². The van der Waals surface area contributed by atoms with Crippen molar-refractivity contribution < 1.29 is 4.79 Å². The van der Waals surface area contributed by atoms with Gasteiger partial charge in [-0.15, -0.1) is 11.8 Å². The zero-order valence-electron chi connectivity index (χ0n) is 14.0. The molecule has 0 N–H and O–H groups in total. The second-order valence-corrected chi connectivity index (χ2v) is 8.08. The van der Waals surface area contributed by atoms with Gasteiger partial charge in [-0.2, -0.15) is 9.61 Å². The molecule has 1 atom stereocenters. The molecule has 1 saturated heterocycles. The summed E-state index contributed by atoms with van der Waals surface area (Å²) in [5.74, 6) is 1.20. The first-order valence-electron chi connectivity index (χ1n) is 8.34. The van der Waals surface area contributed by atoms with E-state index >= 15 is 0 Å². The Balaban J connectivity index is 1.61. The Bertz CT molecular complexity index is 786. The fourth-order valence-electron chi connectivity index (χ4n) is 2.91. The van der Waals surface area contributed by atoms with E-state index in [0.717, 1.165) is 36.5 Å². The lowest BCUT2D eigenvalue weighted by Crippen LogP contribution is -2.42. The van der Waals surface area contributed by atoms with Gasteiger partial charge in [0.25, 0.3) is 5.56 Å². The summed E-state index contributed by atoms with van der Waals surface area (Å²) in [4.78, 5) is 31.5. The number of carbonyl (C=O) groups excluding carboxylic acids is 1. The Hall–Kier alpha value is -1.41. The van der Waals surface area contributed by atoms with Crippen LogP contribution < -0.4 is 5.56 Å². The van der Waals surface area contributed by atoms with Crippen molar-refractivity contribution in [1.29, 1.82) is 0 Å². The van der Waals surface area contributed by atoms with Crippen LogP contribution >= 0.6 is 23.1 Å². The molecule has 24 heavy (non-hydrogen) atoms. The van der Waals surface area contributed by atoms with Crippen LogP contribution in [0.3, 0.4) is 0 Å². The molecule has 1 fully saturated rings. The Morgan fingerprint density at radius 1 is 1.46 bits per heavy atom. The first-order chi connectivity index (χ1) is 11.6. The second kappa shape index (κ2) is 7.65. The Labute approximate surface area is 149 Å². The average molecular weight is 367 g/mol. The minimum absolute atomic E-state index is 0.150. The molecular weight excluding hydrogens is 344 g/mol. The fourth-order valence-corrected chi connectivity index (χ4v) is 4.56. The normalized spacial score (nSPS) is 18.2. The summed E-state index contributed by atoms with van der Waals surface area (Å²) in [6.07, 6.45) is 4.19. The molecule has 3 rings (SSSR count). The number of aryl methyl sites for hydroxylation is 1. The number of nitrogens with zero attached hydrogens (tertiary/aromatic N) is 4. The van der Waals surface area contributed by atoms with Crippen molar-refractivity contribution in [3.8, 4) is 0 Å². The maximum Gasteiger partial charge on any atom is 0.275 e. The minimum atomic E-state index is -0.150. The summed E-state index contributed by atoms with van der Waals surface area (Å²) < 4.78 is 1.36. The van der Waals surface area contributed by atoms with Gasteiger partial charge in [-0.05, 0) is 32.6 Å². The minimum Gasteiger partial charge on any atom is -0.339 e. The first kappa shape index (κ1) is 17.4. The van der Waals surface area contributed by atoms with Gasteiger partial charge >= 0.3 is 0 Å². The van der Waals surface area contributed by atoms with E-state index in [0.29, 0.717) is 22.5 Å². The number of amides is 1. The number of likely N-dealkylation sites (tertiary alicyclic amines) is 1. The monoisotopic (exact) mass is 366 g/mol. The standard InChI is InChI=1S/C16H22N4O2S2/c1-3-13-18-20-14(21)8-12(17-16(20)24-13)9-23-10-15(22)19-7-5-4-6-11(19)2/h8,11H,3-7,9-10H2,1-2H3/t11-/m0/s1. The van der Waals surface area contributed by atoms with Crippen LogP contribution in [-0.4, -0.2) is 43.7 Å². The topological polar surface area (TPSA) is 67.6 Å². The summed E-state index contributed by atoms with van der Waals surface area (Å²) in [5.41, 5.74) is 0.568. The van der Waals surface area contributed by atoms with Gasteiger partial charge in [0.05, 0.1) is 11.4 Å². The lowest BCUT2D eigenvalue weighted by Gasteiger charge is -2.33. The van der Waals surface area contributed by atoms with Crippen LogP contribution in [0.15, 0.2) is 10.9 Å². The van der Waals surface area contributed by atoms with Crippen LogP contribution in [0.2, 0.25) is 0 Å². The summed E-state index contributed by atoms with van der Waals surface area (Å²) in [7, 11) is 0. The van der Waals surface area contributed by atoms with Gasteiger partial charge < -0.3 is 4.90 Å². The van der Waals surface area contributed by atoms with Gasteiger partial charge in [-0.3, -0.25) is 9.59 Å². The van der Waals surface area contributed by atoms with E-state index in [2.05, 4.69) is 17.0 Å². The predicted octanol–water partition coefficient (Wildman–Crippen LogP) is 2.35. The maximum atomic E-state index is 12.3. The van der Waals surface area contributed by atoms with Gasteiger partial charge in [0, 0.05) is 24.4 Å². The third-order valence-corrected chi connectivity index (χ3v) is 6.24. The number of rotatable bonds is 5. The molecule has 0 radical (unpaired) electrons. The van der Waals surface area contributed by atoms with Crippen molar-refractivity contribution in [2.24, 2.45) is 0 Å². The molecule has 1 aliphatic rings.